The normalized spacial score (nSPS) is 0. The summed E-state index contributed by atoms with van der Waals surface area (Å²) in [6.07, 6.45) is 0. The summed E-state index contributed by atoms with van der Waals surface area (Å²) in [5.41, 5.74) is 0. The molecule has 0 aliphatic heterocycles. The monoisotopic (exact) mass is 361 g/mol. The summed E-state index contributed by atoms with van der Waals surface area (Å²) in [6.45, 7) is 0. The molecule has 0 aromatic rings. The molecule has 0 aliphatic rings. The zero-order chi connectivity index (χ0) is 0. The topological polar surface area (TPSA) is 0 Å². The molecule has 0 amide bonds. The van der Waals surface area contributed by atoms with Crippen LogP contribution in [0.15, 0.2) is 0 Å². The molecule has 29 valence electrons. The predicted octanol–water partition coefficient (Wildman–Crippen LogP) is 1.35. The van der Waals surface area contributed by atoms with Crippen molar-refractivity contribution in [1.29, 1.82) is 0 Å². The Morgan fingerprint density at radius 1 is 0.500 bits per heavy atom. The van der Waals surface area contributed by atoms with Gasteiger partial charge in [-0.2, -0.15) is 0 Å². The molecular weight excluding hydrogens is 361 g/mol. The second-order valence-electron chi connectivity index (χ2n) is 0. The van der Waals surface area contributed by atoms with Crippen LogP contribution >= 0.6 is 50.9 Å². The fourth-order valence-electron chi connectivity index (χ4n) is 0. The van der Waals surface area contributed by atoms with Crippen LogP contribution < -0.4 is 0 Å². The van der Waals surface area contributed by atoms with Gasteiger partial charge in [-0.3, -0.25) is 0 Å². The summed E-state index contributed by atoms with van der Waals surface area (Å²) in [6, 6.07) is 0. The molecule has 0 bridgehead atoms. The van der Waals surface area contributed by atoms with Crippen molar-refractivity contribution in [3.05, 3.63) is 0 Å². The van der Waals surface area contributed by atoms with Gasteiger partial charge in [0, 0.05) is 24.4 Å². The van der Waals surface area contributed by atoms with Crippen LogP contribution in [0, 0.1) is 0 Å². The van der Waals surface area contributed by atoms with Gasteiger partial charge in [0.15, 0.2) is 0 Å². The Labute approximate surface area is 74.5 Å². The van der Waals surface area contributed by atoms with Crippen LogP contribution in [0.25, 0.3) is 0 Å². The van der Waals surface area contributed by atoms with Crippen molar-refractivity contribution >= 4 is 75.4 Å². The molecule has 0 N–H and O–H groups in total. The zero-order valence-electron chi connectivity index (χ0n) is 1.67. The number of hydrogen-bond donors (Lipinski definition) is 0. The molecule has 0 rings (SSSR count). The van der Waals surface area contributed by atoms with Gasteiger partial charge >= 0.3 is 0 Å². The molecule has 0 fully saturated rings. The first-order chi connectivity index (χ1) is 0. The predicted molar refractivity (Wildman–Crippen MR) is 36.7 cm³/mol. The van der Waals surface area contributed by atoms with Crippen LogP contribution in [-0.4, -0.2) is 24.4 Å². The van der Waals surface area contributed by atoms with E-state index in [4.69, 9.17) is 0 Å². The van der Waals surface area contributed by atoms with E-state index in [9.17, 15) is 0 Å². The molecule has 0 aromatic heterocycles. The first kappa shape index (κ1) is 33.9. The van der Waals surface area contributed by atoms with Gasteiger partial charge in [0.05, 0.1) is 0 Å². The van der Waals surface area contributed by atoms with E-state index in [0.717, 1.165) is 0 Å². The van der Waals surface area contributed by atoms with E-state index in [1.165, 1.54) is 0 Å². The minimum atomic E-state index is 0. The molecule has 0 atom stereocenters. The smallest absolute Gasteiger partial charge is 0 e. The van der Waals surface area contributed by atoms with Gasteiger partial charge in [-0.05, 0) is 0 Å². The van der Waals surface area contributed by atoms with Crippen molar-refractivity contribution in [3.8, 4) is 0 Å². The first-order valence-corrected chi connectivity index (χ1v) is 0. The average molecular weight is 364 g/mol. The largest absolute Gasteiger partial charge is 0.114 e. The SMILES string of the molecule is Br.Br.Br.[Sb]. The van der Waals surface area contributed by atoms with E-state index in [0.29, 0.717) is 0 Å². The standard InChI is InChI=1S/3BrH.Sb/h3*1H;. The van der Waals surface area contributed by atoms with Crippen molar-refractivity contribution in [3.63, 3.8) is 0 Å². The van der Waals surface area contributed by atoms with Crippen molar-refractivity contribution in [1.82, 2.24) is 0 Å². The van der Waals surface area contributed by atoms with Gasteiger partial charge in [0.2, 0.25) is 0 Å². The summed E-state index contributed by atoms with van der Waals surface area (Å²) in [7, 11) is 0. The Balaban J connectivity index is 0. The number of hydrogen-bond acceptors (Lipinski definition) is 0. The summed E-state index contributed by atoms with van der Waals surface area (Å²) in [5.74, 6) is 0. The molecule has 0 aromatic carbocycles. The summed E-state index contributed by atoms with van der Waals surface area (Å²) >= 11 is 0. The molecule has 0 saturated heterocycles. The summed E-state index contributed by atoms with van der Waals surface area (Å²) < 4.78 is 0. The third kappa shape index (κ3) is 8.86. The van der Waals surface area contributed by atoms with Crippen LogP contribution in [-0.2, 0) is 0 Å². The van der Waals surface area contributed by atoms with Crippen molar-refractivity contribution in [2.75, 3.05) is 0 Å². The molecule has 0 heterocycles. The Bertz CT molecular complexity index is 3.25. The quantitative estimate of drug-likeness (QED) is 0.570. The van der Waals surface area contributed by atoms with Gasteiger partial charge in [-0.15, -0.1) is 50.9 Å². The zero-order valence-corrected chi connectivity index (χ0v) is 9.36. The molecule has 0 saturated carbocycles. The molecule has 4 heteroatoms. The maximum absolute atomic E-state index is 0. The second-order valence-corrected chi connectivity index (χ2v) is 0. The maximum atomic E-state index is 0. The Hall–Kier alpha value is 2.26. The fraction of sp³-hybridized carbons (Fsp3) is 0. The van der Waals surface area contributed by atoms with Gasteiger partial charge in [0.1, 0.15) is 0 Å². The molecule has 0 unspecified atom stereocenters. The molecule has 3 radical (unpaired) electrons. The summed E-state index contributed by atoms with van der Waals surface area (Å²) in [4.78, 5) is 0. The van der Waals surface area contributed by atoms with E-state index in [1.807, 2.05) is 0 Å². The summed E-state index contributed by atoms with van der Waals surface area (Å²) in [5, 5.41) is 0. The molecule has 0 aliphatic carbocycles. The van der Waals surface area contributed by atoms with Gasteiger partial charge in [-0.1, -0.05) is 0 Å². The van der Waals surface area contributed by atoms with Crippen molar-refractivity contribution in [2.24, 2.45) is 0 Å². The fourth-order valence-corrected chi connectivity index (χ4v) is 0. The van der Waals surface area contributed by atoms with Crippen LogP contribution in [0.3, 0.4) is 0 Å². The van der Waals surface area contributed by atoms with E-state index >= 15 is 0 Å². The van der Waals surface area contributed by atoms with Crippen LogP contribution in [0.2, 0.25) is 0 Å². The molecule has 0 nitrogen and oxygen atoms in total. The van der Waals surface area contributed by atoms with Crippen molar-refractivity contribution in [2.45, 2.75) is 0 Å². The van der Waals surface area contributed by atoms with Gasteiger partial charge in [0.25, 0.3) is 0 Å². The second kappa shape index (κ2) is 18.7. The van der Waals surface area contributed by atoms with Gasteiger partial charge < -0.3 is 0 Å². The van der Waals surface area contributed by atoms with Crippen LogP contribution in [0.1, 0.15) is 0 Å². The Morgan fingerprint density at radius 2 is 0.500 bits per heavy atom. The van der Waals surface area contributed by atoms with E-state index in [-0.39, 0.29) is 75.4 Å². The number of halogens is 3. The average Bonchev–Trinajstić information content (AvgIpc) is 0. The van der Waals surface area contributed by atoms with Gasteiger partial charge in [-0.25, -0.2) is 0 Å². The van der Waals surface area contributed by atoms with E-state index in [1.54, 1.807) is 0 Å². The molecular formula is H3Br3Sb. The minimum absolute atomic E-state index is 0. The first-order valence-electron chi connectivity index (χ1n) is 0. The van der Waals surface area contributed by atoms with E-state index in [2.05, 4.69) is 0 Å². The Morgan fingerprint density at radius 3 is 0.500 bits per heavy atom. The Kier molecular flexibility index (Phi) is 159. The van der Waals surface area contributed by atoms with Crippen molar-refractivity contribution < 1.29 is 0 Å². The molecule has 0 spiro atoms. The van der Waals surface area contributed by atoms with E-state index < -0.39 is 0 Å². The maximum Gasteiger partial charge on any atom is 0 e. The third-order valence-corrected chi connectivity index (χ3v) is 0. The third-order valence-electron chi connectivity index (χ3n) is 0. The minimum Gasteiger partial charge on any atom is -0.114 e. The molecule has 4 heavy (non-hydrogen) atoms. The van der Waals surface area contributed by atoms with Crippen LogP contribution in [0.4, 0.5) is 0 Å². The van der Waals surface area contributed by atoms with Crippen LogP contribution in [0.5, 0.6) is 0 Å². The number of rotatable bonds is 0.